The van der Waals surface area contributed by atoms with Crippen LogP contribution >= 0.6 is 11.3 Å². The molecule has 5 heteroatoms. The van der Waals surface area contributed by atoms with Crippen LogP contribution in [-0.2, 0) is 0 Å². The lowest BCUT2D eigenvalue weighted by molar-refractivity contribution is 0.547. The first-order chi connectivity index (χ1) is 9.78. The van der Waals surface area contributed by atoms with E-state index in [1.807, 2.05) is 44.3 Å². The van der Waals surface area contributed by atoms with Gasteiger partial charge in [0.25, 0.3) is 0 Å². The number of hydrogen-bond donors (Lipinski definition) is 1. The Morgan fingerprint density at radius 1 is 1.10 bits per heavy atom. The van der Waals surface area contributed by atoms with Gasteiger partial charge in [0.15, 0.2) is 10.8 Å². The van der Waals surface area contributed by atoms with Crippen molar-refractivity contribution < 1.29 is 4.42 Å². The summed E-state index contributed by atoms with van der Waals surface area (Å²) >= 11 is 1.55. The standard InChI is InChI=1S/C15H15N3OS/c1-10-8-9-12(19-10)14-17-18-15(20-14)13(16-2)11-6-4-3-5-7-11/h3-9,13,16H,1-2H3. The normalized spacial score (nSPS) is 12.5. The van der Waals surface area contributed by atoms with Gasteiger partial charge in [0, 0.05) is 0 Å². The van der Waals surface area contributed by atoms with E-state index in [2.05, 4.69) is 27.6 Å². The fourth-order valence-electron chi connectivity index (χ4n) is 2.08. The van der Waals surface area contributed by atoms with Crippen LogP contribution in [0.25, 0.3) is 10.8 Å². The van der Waals surface area contributed by atoms with E-state index in [1.165, 1.54) is 5.56 Å². The number of nitrogens with one attached hydrogen (secondary N) is 1. The van der Waals surface area contributed by atoms with Crippen molar-refractivity contribution in [1.82, 2.24) is 15.5 Å². The molecule has 2 heterocycles. The summed E-state index contributed by atoms with van der Waals surface area (Å²) in [6.45, 7) is 1.92. The summed E-state index contributed by atoms with van der Waals surface area (Å²) < 4.78 is 5.59. The lowest BCUT2D eigenvalue weighted by Gasteiger charge is -2.12. The number of nitrogens with zero attached hydrogens (tertiary/aromatic N) is 2. The Morgan fingerprint density at radius 3 is 2.55 bits per heavy atom. The second kappa shape index (κ2) is 5.56. The van der Waals surface area contributed by atoms with E-state index >= 15 is 0 Å². The van der Waals surface area contributed by atoms with Gasteiger partial charge in [-0.1, -0.05) is 41.7 Å². The lowest BCUT2D eigenvalue weighted by atomic mass is 10.1. The molecule has 0 aliphatic heterocycles. The number of furan rings is 1. The zero-order valence-corrected chi connectivity index (χ0v) is 12.1. The van der Waals surface area contributed by atoms with Gasteiger partial charge in [0.2, 0.25) is 0 Å². The molecule has 1 aromatic carbocycles. The maximum absolute atomic E-state index is 5.59. The van der Waals surface area contributed by atoms with Gasteiger partial charge in [-0.15, -0.1) is 10.2 Å². The molecule has 0 bridgehead atoms. The van der Waals surface area contributed by atoms with E-state index in [9.17, 15) is 0 Å². The van der Waals surface area contributed by atoms with Gasteiger partial charge >= 0.3 is 0 Å². The van der Waals surface area contributed by atoms with E-state index in [-0.39, 0.29) is 6.04 Å². The van der Waals surface area contributed by atoms with Gasteiger partial charge < -0.3 is 9.73 Å². The SMILES string of the molecule is CNC(c1ccccc1)c1nnc(-c2ccc(C)o2)s1. The molecule has 20 heavy (non-hydrogen) atoms. The zero-order chi connectivity index (χ0) is 13.9. The minimum absolute atomic E-state index is 0.0542. The Balaban J connectivity index is 1.92. The molecule has 0 aliphatic carbocycles. The fraction of sp³-hybridized carbons (Fsp3) is 0.200. The number of aromatic nitrogens is 2. The summed E-state index contributed by atoms with van der Waals surface area (Å²) in [6.07, 6.45) is 0. The maximum Gasteiger partial charge on any atom is 0.183 e. The summed E-state index contributed by atoms with van der Waals surface area (Å²) in [4.78, 5) is 0. The highest BCUT2D eigenvalue weighted by Crippen LogP contribution is 2.30. The molecule has 0 saturated carbocycles. The Kier molecular flexibility index (Phi) is 3.62. The quantitative estimate of drug-likeness (QED) is 0.798. The molecule has 0 spiro atoms. The Hall–Kier alpha value is -1.98. The predicted octanol–water partition coefficient (Wildman–Crippen LogP) is 3.42. The van der Waals surface area contributed by atoms with Crippen LogP contribution in [0.4, 0.5) is 0 Å². The van der Waals surface area contributed by atoms with E-state index in [0.29, 0.717) is 0 Å². The monoisotopic (exact) mass is 285 g/mol. The minimum Gasteiger partial charge on any atom is -0.459 e. The van der Waals surface area contributed by atoms with Crippen molar-refractivity contribution in [2.45, 2.75) is 13.0 Å². The first-order valence-electron chi connectivity index (χ1n) is 6.40. The van der Waals surface area contributed by atoms with Crippen molar-refractivity contribution >= 4 is 11.3 Å². The van der Waals surface area contributed by atoms with Crippen molar-refractivity contribution in [3.8, 4) is 10.8 Å². The molecule has 1 N–H and O–H groups in total. The van der Waals surface area contributed by atoms with Crippen molar-refractivity contribution in [2.24, 2.45) is 0 Å². The molecule has 3 rings (SSSR count). The van der Waals surface area contributed by atoms with Gasteiger partial charge in [0.1, 0.15) is 10.8 Å². The van der Waals surface area contributed by atoms with Crippen LogP contribution in [0.15, 0.2) is 46.9 Å². The highest BCUT2D eigenvalue weighted by Gasteiger charge is 2.18. The summed E-state index contributed by atoms with van der Waals surface area (Å²) in [7, 11) is 1.93. The van der Waals surface area contributed by atoms with Crippen molar-refractivity contribution in [1.29, 1.82) is 0 Å². The minimum atomic E-state index is 0.0542. The second-order valence-corrected chi connectivity index (χ2v) is 5.50. The molecular formula is C15H15N3OS. The predicted molar refractivity (Wildman–Crippen MR) is 79.7 cm³/mol. The molecule has 0 saturated heterocycles. The Morgan fingerprint density at radius 2 is 1.90 bits per heavy atom. The Labute approximate surface area is 121 Å². The third kappa shape index (κ3) is 2.50. The van der Waals surface area contributed by atoms with Crippen LogP contribution in [0, 0.1) is 6.92 Å². The van der Waals surface area contributed by atoms with Gasteiger partial charge in [0.05, 0.1) is 6.04 Å². The summed E-state index contributed by atoms with van der Waals surface area (Å²) in [6, 6.07) is 14.1. The molecule has 2 aromatic heterocycles. The maximum atomic E-state index is 5.59. The first-order valence-corrected chi connectivity index (χ1v) is 7.22. The van der Waals surface area contributed by atoms with E-state index in [4.69, 9.17) is 4.42 Å². The fourth-order valence-corrected chi connectivity index (χ4v) is 3.02. The molecule has 1 atom stereocenters. The van der Waals surface area contributed by atoms with Crippen molar-refractivity contribution in [3.63, 3.8) is 0 Å². The third-order valence-corrected chi connectivity index (χ3v) is 4.06. The van der Waals surface area contributed by atoms with Crippen LogP contribution in [-0.4, -0.2) is 17.2 Å². The molecular weight excluding hydrogens is 270 g/mol. The summed E-state index contributed by atoms with van der Waals surface area (Å²) in [5.74, 6) is 1.65. The number of hydrogen-bond acceptors (Lipinski definition) is 5. The van der Waals surface area contributed by atoms with Crippen LogP contribution in [0.5, 0.6) is 0 Å². The number of benzene rings is 1. The highest BCUT2D eigenvalue weighted by atomic mass is 32.1. The van der Waals surface area contributed by atoms with Gasteiger partial charge in [-0.05, 0) is 31.7 Å². The average Bonchev–Trinajstić information content (AvgIpc) is 3.10. The van der Waals surface area contributed by atoms with Gasteiger partial charge in [-0.2, -0.15) is 0 Å². The van der Waals surface area contributed by atoms with Crippen LogP contribution in [0.1, 0.15) is 22.4 Å². The van der Waals surface area contributed by atoms with E-state index < -0.39 is 0 Å². The first kappa shape index (κ1) is 13.0. The van der Waals surface area contributed by atoms with E-state index in [1.54, 1.807) is 11.3 Å². The molecule has 4 nitrogen and oxygen atoms in total. The van der Waals surface area contributed by atoms with Crippen molar-refractivity contribution in [3.05, 3.63) is 58.8 Å². The third-order valence-electron chi connectivity index (χ3n) is 3.06. The number of rotatable bonds is 4. The largest absolute Gasteiger partial charge is 0.459 e. The molecule has 0 radical (unpaired) electrons. The lowest BCUT2D eigenvalue weighted by Crippen LogP contribution is -2.17. The molecule has 102 valence electrons. The van der Waals surface area contributed by atoms with Gasteiger partial charge in [-0.25, -0.2) is 0 Å². The molecule has 0 amide bonds. The molecule has 3 aromatic rings. The molecule has 0 aliphatic rings. The van der Waals surface area contributed by atoms with Gasteiger partial charge in [-0.3, -0.25) is 0 Å². The van der Waals surface area contributed by atoms with Crippen molar-refractivity contribution in [2.75, 3.05) is 7.05 Å². The second-order valence-electron chi connectivity index (χ2n) is 4.49. The topological polar surface area (TPSA) is 51.0 Å². The van der Waals surface area contributed by atoms with Crippen LogP contribution < -0.4 is 5.32 Å². The molecule has 1 unspecified atom stereocenters. The molecule has 0 fully saturated rings. The zero-order valence-electron chi connectivity index (χ0n) is 11.3. The van der Waals surface area contributed by atoms with E-state index in [0.717, 1.165) is 21.5 Å². The summed E-state index contributed by atoms with van der Waals surface area (Å²) in [5, 5.41) is 13.5. The smallest absolute Gasteiger partial charge is 0.183 e. The number of aryl methyl sites for hydroxylation is 1. The van der Waals surface area contributed by atoms with Crippen LogP contribution in [0.2, 0.25) is 0 Å². The average molecular weight is 285 g/mol. The summed E-state index contributed by atoms with van der Waals surface area (Å²) in [5.41, 5.74) is 1.17. The Bertz CT molecular complexity index is 690. The highest BCUT2D eigenvalue weighted by molar-refractivity contribution is 7.14. The van der Waals surface area contributed by atoms with Crippen LogP contribution in [0.3, 0.4) is 0 Å².